The van der Waals surface area contributed by atoms with Crippen molar-refractivity contribution in [3.63, 3.8) is 0 Å². The molecule has 3 nitrogen and oxygen atoms in total. The summed E-state index contributed by atoms with van der Waals surface area (Å²) in [6, 6.07) is 8.66. The molecule has 0 aliphatic carbocycles. The van der Waals surface area contributed by atoms with Crippen LogP contribution in [0.25, 0.3) is 0 Å². The van der Waals surface area contributed by atoms with Crippen LogP contribution >= 0.6 is 0 Å². The Morgan fingerprint density at radius 2 is 1.95 bits per heavy atom. The van der Waals surface area contributed by atoms with Crippen molar-refractivity contribution >= 4 is 17.1 Å². The van der Waals surface area contributed by atoms with Gasteiger partial charge in [-0.3, -0.25) is 4.98 Å². The van der Waals surface area contributed by atoms with Crippen LogP contribution in [0, 0.1) is 13.8 Å². The van der Waals surface area contributed by atoms with Gasteiger partial charge in [-0.15, -0.1) is 0 Å². The first-order valence-electron chi connectivity index (χ1n) is 7.11. The highest BCUT2D eigenvalue weighted by Gasteiger charge is 2.08. The summed E-state index contributed by atoms with van der Waals surface area (Å²) in [5, 5.41) is 3.38. The SMILES string of the molecule is CCCNc1cncc(N(C)c2ccc(C)cc2C)c1. The average Bonchev–Trinajstić information content (AvgIpc) is 2.45. The van der Waals surface area contributed by atoms with Crippen molar-refractivity contribution in [3.05, 3.63) is 47.8 Å². The van der Waals surface area contributed by atoms with Crippen molar-refractivity contribution in [3.8, 4) is 0 Å². The number of anilines is 3. The molecular weight excluding hydrogens is 246 g/mol. The van der Waals surface area contributed by atoms with E-state index in [1.807, 2.05) is 12.4 Å². The van der Waals surface area contributed by atoms with Crippen molar-refractivity contribution in [2.75, 3.05) is 23.8 Å². The molecule has 0 spiro atoms. The van der Waals surface area contributed by atoms with Gasteiger partial charge in [0.15, 0.2) is 0 Å². The van der Waals surface area contributed by atoms with Crippen LogP contribution in [0.3, 0.4) is 0 Å². The number of pyridine rings is 1. The summed E-state index contributed by atoms with van der Waals surface area (Å²) in [5.74, 6) is 0. The van der Waals surface area contributed by atoms with Crippen LogP contribution in [0.1, 0.15) is 24.5 Å². The summed E-state index contributed by atoms with van der Waals surface area (Å²) < 4.78 is 0. The normalized spacial score (nSPS) is 10.4. The van der Waals surface area contributed by atoms with Gasteiger partial charge in [-0.1, -0.05) is 24.6 Å². The summed E-state index contributed by atoms with van der Waals surface area (Å²) in [4.78, 5) is 6.51. The van der Waals surface area contributed by atoms with Crippen LogP contribution in [-0.4, -0.2) is 18.6 Å². The zero-order chi connectivity index (χ0) is 14.5. The van der Waals surface area contributed by atoms with Crippen molar-refractivity contribution in [2.24, 2.45) is 0 Å². The Morgan fingerprint density at radius 1 is 1.15 bits per heavy atom. The molecule has 0 aliphatic heterocycles. The molecule has 0 saturated carbocycles. The Hall–Kier alpha value is -2.03. The van der Waals surface area contributed by atoms with Crippen molar-refractivity contribution in [1.82, 2.24) is 4.98 Å². The number of rotatable bonds is 5. The van der Waals surface area contributed by atoms with Crippen LogP contribution < -0.4 is 10.2 Å². The Morgan fingerprint density at radius 3 is 2.65 bits per heavy atom. The van der Waals surface area contributed by atoms with Crippen LogP contribution in [-0.2, 0) is 0 Å². The quantitative estimate of drug-likeness (QED) is 0.877. The maximum Gasteiger partial charge on any atom is 0.0615 e. The molecule has 0 aliphatic rings. The predicted molar refractivity (Wildman–Crippen MR) is 87.0 cm³/mol. The molecule has 0 atom stereocenters. The lowest BCUT2D eigenvalue weighted by Gasteiger charge is -2.22. The lowest BCUT2D eigenvalue weighted by molar-refractivity contribution is 0.977. The number of nitrogens with zero attached hydrogens (tertiary/aromatic N) is 2. The lowest BCUT2D eigenvalue weighted by atomic mass is 10.1. The minimum Gasteiger partial charge on any atom is -0.384 e. The molecule has 0 unspecified atom stereocenters. The van der Waals surface area contributed by atoms with E-state index in [0.29, 0.717) is 0 Å². The Labute approximate surface area is 121 Å². The highest BCUT2D eigenvalue weighted by molar-refractivity contribution is 5.68. The molecule has 1 heterocycles. The monoisotopic (exact) mass is 269 g/mol. The molecule has 0 saturated heterocycles. The fraction of sp³-hybridized carbons (Fsp3) is 0.353. The molecular formula is C17H23N3. The summed E-state index contributed by atoms with van der Waals surface area (Å²) in [6.45, 7) is 7.39. The number of aryl methyl sites for hydroxylation is 2. The van der Waals surface area contributed by atoms with Gasteiger partial charge in [0.05, 0.1) is 23.8 Å². The smallest absolute Gasteiger partial charge is 0.0615 e. The van der Waals surface area contributed by atoms with Gasteiger partial charge in [0.2, 0.25) is 0 Å². The summed E-state index contributed by atoms with van der Waals surface area (Å²) in [7, 11) is 2.08. The molecule has 0 bridgehead atoms. The van der Waals surface area contributed by atoms with Gasteiger partial charge >= 0.3 is 0 Å². The first-order valence-corrected chi connectivity index (χ1v) is 7.11. The van der Waals surface area contributed by atoms with Gasteiger partial charge in [0.1, 0.15) is 0 Å². The van der Waals surface area contributed by atoms with E-state index in [1.54, 1.807) is 0 Å². The third kappa shape index (κ3) is 3.29. The Bertz CT molecular complexity index is 578. The molecule has 106 valence electrons. The van der Waals surface area contributed by atoms with E-state index in [2.05, 4.69) is 67.3 Å². The van der Waals surface area contributed by atoms with Gasteiger partial charge < -0.3 is 10.2 Å². The van der Waals surface area contributed by atoms with Gasteiger partial charge in [0, 0.05) is 19.3 Å². The molecule has 2 rings (SSSR count). The number of benzene rings is 1. The van der Waals surface area contributed by atoms with E-state index in [0.717, 1.165) is 24.3 Å². The standard InChI is InChI=1S/C17H23N3/c1-5-8-19-15-10-16(12-18-11-15)20(4)17-7-6-13(2)9-14(17)3/h6-7,9-12,19H,5,8H2,1-4H3. The van der Waals surface area contributed by atoms with E-state index >= 15 is 0 Å². The Balaban J connectivity index is 2.26. The average molecular weight is 269 g/mol. The van der Waals surface area contributed by atoms with Gasteiger partial charge in [0.25, 0.3) is 0 Å². The second-order valence-electron chi connectivity index (χ2n) is 5.21. The molecule has 0 fully saturated rings. The molecule has 0 amide bonds. The van der Waals surface area contributed by atoms with Crippen LogP contribution in [0.4, 0.5) is 17.1 Å². The molecule has 20 heavy (non-hydrogen) atoms. The van der Waals surface area contributed by atoms with Crippen molar-refractivity contribution in [1.29, 1.82) is 0 Å². The Kier molecular flexibility index (Phi) is 4.61. The van der Waals surface area contributed by atoms with Crippen LogP contribution in [0.15, 0.2) is 36.7 Å². The first-order chi connectivity index (χ1) is 9.61. The van der Waals surface area contributed by atoms with E-state index in [9.17, 15) is 0 Å². The van der Waals surface area contributed by atoms with E-state index < -0.39 is 0 Å². The molecule has 2 aromatic rings. The highest BCUT2D eigenvalue weighted by atomic mass is 15.1. The molecule has 3 heteroatoms. The maximum atomic E-state index is 4.33. The van der Waals surface area contributed by atoms with Crippen molar-refractivity contribution in [2.45, 2.75) is 27.2 Å². The summed E-state index contributed by atoms with van der Waals surface area (Å²) in [5.41, 5.74) is 5.94. The van der Waals surface area contributed by atoms with Gasteiger partial charge in [-0.25, -0.2) is 0 Å². The molecule has 1 aromatic carbocycles. The molecule has 0 radical (unpaired) electrons. The molecule has 1 N–H and O–H groups in total. The third-order valence-electron chi connectivity index (χ3n) is 3.40. The number of hydrogen-bond acceptors (Lipinski definition) is 3. The second kappa shape index (κ2) is 6.42. The van der Waals surface area contributed by atoms with Crippen LogP contribution in [0.2, 0.25) is 0 Å². The summed E-state index contributed by atoms with van der Waals surface area (Å²) >= 11 is 0. The minimum atomic E-state index is 0.971. The zero-order valence-electron chi connectivity index (χ0n) is 12.8. The van der Waals surface area contributed by atoms with E-state index in [-0.39, 0.29) is 0 Å². The number of aromatic nitrogens is 1. The largest absolute Gasteiger partial charge is 0.384 e. The second-order valence-corrected chi connectivity index (χ2v) is 5.21. The maximum absolute atomic E-state index is 4.33. The highest BCUT2D eigenvalue weighted by Crippen LogP contribution is 2.28. The summed E-state index contributed by atoms with van der Waals surface area (Å²) in [6.07, 6.45) is 4.88. The van der Waals surface area contributed by atoms with Gasteiger partial charge in [-0.05, 0) is 38.0 Å². The van der Waals surface area contributed by atoms with E-state index in [1.165, 1.54) is 16.8 Å². The van der Waals surface area contributed by atoms with Crippen molar-refractivity contribution < 1.29 is 0 Å². The first kappa shape index (κ1) is 14.4. The fourth-order valence-electron chi connectivity index (χ4n) is 2.30. The number of hydrogen-bond donors (Lipinski definition) is 1. The topological polar surface area (TPSA) is 28.2 Å². The molecule has 1 aromatic heterocycles. The third-order valence-corrected chi connectivity index (χ3v) is 3.40. The van der Waals surface area contributed by atoms with E-state index in [4.69, 9.17) is 0 Å². The minimum absolute atomic E-state index is 0.971. The van der Waals surface area contributed by atoms with Gasteiger partial charge in [-0.2, -0.15) is 0 Å². The number of nitrogens with one attached hydrogen (secondary N) is 1. The lowest BCUT2D eigenvalue weighted by Crippen LogP contribution is -2.12. The van der Waals surface area contributed by atoms with Crippen LogP contribution in [0.5, 0.6) is 0 Å². The fourth-order valence-corrected chi connectivity index (χ4v) is 2.30. The zero-order valence-corrected chi connectivity index (χ0v) is 12.8. The predicted octanol–water partition coefficient (Wildman–Crippen LogP) is 4.29.